The molecular formula is C29H50N4O10. The minimum atomic E-state index is -0.383. The van der Waals surface area contributed by atoms with Crippen molar-refractivity contribution in [3.63, 3.8) is 0 Å². The van der Waals surface area contributed by atoms with Crippen LogP contribution in [-0.4, -0.2) is 156 Å². The molecule has 0 bridgehead atoms. The Morgan fingerprint density at radius 1 is 0.465 bits per heavy atom. The second-order valence-corrected chi connectivity index (χ2v) is 12.1. The van der Waals surface area contributed by atoms with E-state index in [4.69, 9.17) is 42.6 Å². The lowest BCUT2D eigenvalue weighted by atomic mass is 10.1. The van der Waals surface area contributed by atoms with E-state index in [-0.39, 0.29) is 56.2 Å². The van der Waals surface area contributed by atoms with E-state index in [0.29, 0.717) is 79.8 Å². The van der Waals surface area contributed by atoms with E-state index in [0.717, 1.165) is 51.4 Å². The van der Waals surface area contributed by atoms with Gasteiger partial charge in [-0.05, 0) is 51.4 Å². The van der Waals surface area contributed by atoms with Crippen LogP contribution in [0.1, 0.15) is 51.4 Å². The van der Waals surface area contributed by atoms with Crippen molar-refractivity contribution in [2.75, 3.05) is 93.2 Å². The Hall–Kier alpha value is -1.17. The number of amides is 2. The zero-order chi connectivity index (χ0) is 29.3. The van der Waals surface area contributed by atoms with E-state index in [1.165, 1.54) is 0 Å². The molecule has 0 aromatic heterocycles. The van der Waals surface area contributed by atoms with Crippen molar-refractivity contribution >= 4 is 6.03 Å². The lowest BCUT2D eigenvalue weighted by molar-refractivity contribution is -0.141. The maximum absolute atomic E-state index is 14.3. The van der Waals surface area contributed by atoms with Crippen LogP contribution in [-0.2, 0) is 42.6 Å². The molecule has 0 saturated carbocycles. The third kappa shape index (κ3) is 8.55. The smallest absolute Gasteiger partial charge is 0.326 e. The van der Waals surface area contributed by atoms with Crippen LogP contribution in [0, 0.1) is 0 Å². The summed E-state index contributed by atoms with van der Waals surface area (Å²) < 4.78 is 53.8. The van der Waals surface area contributed by atoms with Gasteiger partial charge in [0.2, 0.25) is 0 Å². The molecule has 0 spiro atoms. The number of fused-ring (bicyclic) bond motifs is 1. The molecule has 0 N–H and O–H groups in total. The normalized spacial score (nSPS) is 30.2. The van der Waals surface area contributed by atoms with Gasteiger partial charge in [-0.3, -0.25) is 9.80 Å². The van der Waals surface area contributed by atoms with Gasteiger partial charge in [-0.15, -0.1) is 0 Å². The molecule has 14 heteroatoms. The molecule has 2 amide bonds. The Bertz CT molecular complexity index is 772. The maximum atomic E-state index is 14.3. The van der Waals surface area contributed by atoms with E-state index < -0.39 is 0 Å². The molecule has 6 fully saturated rings. The number of hydrogen-bond acceptors (Lipinski definition) is 12. The van der Waals surface area contributed by atoms with Crippen LogP contribution in [0.15, 0.2) is 0 Å². The summed E-state index contributed by atoms with van der Waals surface area (Å²) in [4.78, 5) is 22.1. The predicted molar refractivity (Wildman–Crippen MR) is 150 cm³/mol. The highest BCUT2D eigenvalue weighted by molar-refractivity contribution is 5.77. The molecule has 0 radical (unpaired) electrons. The molecule has 0 aliphatic carbocycles. The van der Waals surface area contributed by atoms with Crippen molar-refractivity contribution in [1.29, 1.82) is 0 Å². The lowest BCUT2D eigenvalue weighted by Crippen LogP contribution is -2.57. The Morgan fingerprint density at radius 3 is 1.09 bits per heavy atom. The molecule has 6 aliphatic rings. The maximum Gasteiger partial charge on any atom is 0.326 e. The third-order valence-corrected chi connectivity index (χ3v) is 9.18. The van der Waals surface area contributed by atoms with Gasteiger partial charge in [0, 0.05) is 52.9 Å². The Labute approximate surface area is 254 Å². The molecule has 2 atom stereocenters. The van der Waals surface area contributed by atoms with Gasteiger partial charge < -0.3 is 42.6 Å². The van der Waals surface area contributed by atoms with Gasteiger partial charge in [0.15, 0.2) is 0 Å². The summed E-state index contributed by atoms with van der Waals surface area (Å²) in [5.74, 6) is 0. The number of urea groups is 1. The van der Waals surface area contributed by atoms with E-state index in [1.807, 2.05) is 9.80 Å². The molecule has 6 rings (SSSR count). The molecule has 43 heavy (non-hydrogen) atoms. The molecule has 6 heterocycles. The first-order chi connectivity index (χ1) is 21.3. The van der Waals surface area contributed by atoms with Gasteiger partial charge in [-0.25, -0.2) is 14.6 Å². The van der Waals surface area contributed by atoms with Crippen molar-refractivity contribution < 1.29 is 47.4 Å². The van der Waals surface area contributed by atoms with Crippen LogP contribution < -0.4 is 0 Å². The summed E-state index contributed by atoms with van der Waals surface area (Å²) in [6.45, 7) is 7.11. The minimum absolute atomic E-state index is 0.0504. The van der Waals surface area contributed by atoms with Gasteiger partial charge in [-0.1, -0.05) is 0 Å². The average molecular weight is 615 g/mol. The molecular weight excluding hydrogens is 564 g/mol. The zero-order valence-electron chi connectivity index (χ0n) is 25.4. The van der Waals surface area contributed by atoms with Gasteiger partial charge in [0.05, 0.1) is 24.4 Å². The number of hydrogen-bond donors (Lipinski definition) is 0. The fourth-order valence-corrected chi connectivity index (χ4v) is 6.55. The molecule has 6 saturated heterocycles. The van der Waals surface area contributed by atoms with Crippen molar-refractivity contribution in [3.05, 3.63) is 0 Å². The Morgan fingerprint density at radius 2 is 0.767 bits per heavy atom. The van der Waals surface area contributed by atoms with Crippen LogP contribution in [0.5, 0.6) is 0 Å². The monoisotopic (exact) mass is 614 g/mol. The van der Waals surface area contributed by atoms with E-state index in [2.05, 4.69) is 9.80 Å². The van der Waals surface area contributed by atoms with Crippen LogP contribution in [0.2, 0.25) is 0 Å². The van der Waals surface area contributed by atoms with Crippen LogP contribution in [0.4, 0.5) is 4.79 Å². The fourth-order valence-electron chi connectivity index (χ4n) is 6.55. The highest BCUT2D eigenvalue weighted by Gasteiger charge is 2.53. The topological polar surface area (TPSA) is 113 Å². The minimum Gasteiger partial charge on any atom is -0.381 e. The van der Waals surface area contributed by atoms with Gasteiger partial charge >= 0.3 is 6.03 Å². The molecule has 14 nitrogen and oxygen atoms in total. The number of rotatable bonds is 12. The number of carbonyl (C=O) groups is 1. The van der Waals surface area contributed by atoms with Crippen LogP contribution in [0.3, 0.4) is 0 Å². The summed E-state index contributed by atoms with van der Waals surface area (Å²) in [6.07, 6.45) is 6.25. The largest absolute Gasteiger partial charge is 0.381 e. The summed E-state index contributed by atoms with van der Waals surface area (Å²) in [7, 11) is 0. The summed E-state index contributed by atoms with van der Waals surface area (Å²) in [6, 6.07) is -0.122. The van der Waals surface area contributed by atoms with E-state index >= 15 is 0 Å². The molecule has 246 valence electrons. The number of carbonyl (C=O) groups excluding carboxylic acids is 1. The summed E-state index contributed by atoms with van der Waals surface area (Å²) >= 11 is 0. The SMILES string of the molecule is O=C1N(COC2CCOCC2)C2C(N(COC3CCOCC3)COCN2COC2CCOCC2)N1COC1CCOCC1. The summed E-state index contributed by atoms with van der Waals surface area (Å²) in [5, 5.41) is 0. The standard InChI is InChI=1S/C29H50N4O10/c34-29-32(21-42-25-5-13-37-14-6-25)27-28(33(29)22-43-26-7-15-38-16-8-26)31(20-41-24-3-11-36-12-4-24)18-39-17-30(27)19-40-23-1-9-35-10-2-23/h23-28H,1-22H2. The predicted octanol–water partition coefficient (Wildman–Crippen LogP) is 1.54. The van der Waals surface area contributed by atoms with Gasteiger partial charge in [0.25, 0.3) is 0 Å². The molecule has 0 aromatic rings. The van der Waals surface area contributed by atoms with Gasteiger partial charge in [0.1, 0.15) is 52.7 Å². The van der Waals surface area contributed by atoms with E-state index in [9.17, 15) is 4.79 Å². The van der Waals surface area contributed by atoms with Crippen molar-refractivity contribution in [2.24, 2.45) is 0 Å². The molecule has 2 unspecified atom stereocenters. The second-order valence-electron chi connectivity index (χ2n) is 12.1. The molecule has 6 aliphatic heterocycles. The first kappa shape index (κ1) is 31.8. The second kappa shape index (κ2) is 16.4. The quantitative estimate of drug-likeness (QED) is 0.318. The highest BCUT2D eigenvalue weighted by atomic mass is 16.6. The van der Waals surface area contributed by atoms with Crippen LogP contribution in [0.25, 0.3) is 0 Å². The third-order valence-electron chi connectivity index (χ3n) is 9.18. The number of nitrogens with zero attached hydrogens (tertiary/aromatic N) is 4. The van der Waals surface area contributed by atoms with Crippen molar-refractivity contribution in [3.8, 4) is 0 Å². The van der Waals surface area contributed by atoms with E-state index in [1.54, 1.807) is 0 Å². The average Bonchev–Trinajstić information content (AvgIpc) is 3.21. The lowest BCUT2D eigenvalue weighted by Gasteiger charge is -2.39. The first-order valence-corrected chi connectivity index (χ1v) is 16.2. The van der Waals surface area contributed by atoms with Crippen LogP contribution >= 0.6 is 0 Å². The fraction of sp³-hybridized carbons (Fsp3) is 0.966. The van der Waals surface area contributed by atoms with Crippen molar-refractivity contribution in [1.82, 2.24) is 19.6 Å². The molecule has 0 aromatic carbocycles. The summed E-state index contributed by atoms with van der Waals surface area (Å²) in [5.41, 5.74) is 0. The highest BCUT2D eigenvalue weighted by Crippen LogP contribution is 2.32. The number of ether oxygens (including phenoxy) is 9. The Balaban J connectivity index is 1.21. The zero-order valence-corrected chi connectivity index (χ0v) is 25.4. The first-order valence-electron chi connectivity index (χ1n) is 16.2. The Kier molecular flexibility index (Phi) is 12.1. The van der Waals surface area contributed by atoms with Crippen molar-refractivity contribution in [2.45, 2.75) is 88.1 Å². The van der Waals surface area contributed by atoms with Gasteiger partial charge in [-0.2, -0.15) is 0 Å².